The van der Waals surface area contributed by atoms with Crippen LogP contribution in [-0.2, 0) is 4.79 Å². The number of hydrogen-bond donors (Lipinski definition) is 3. The lowest BCUT2D eigenvalue weighted by atomic mass is 10.1. The van der Waals surface area contributed by atoms with Crippen LogP contribution in [0.1, 0.15) is 34.6 Å². The van der Waals surface area contributed by atoms with Crippen LogP contribution in [0.2, 0.25) is 0 Å². The SMILES string of the molecule is CN=C(NCC(=O)NC(C)(C)C)NCC(C)C.I. The predicted octanol–water partition coefficient (Wildman–Crippen LogP) is 1.34. The monoisotopic (exact) mass is 370 g/mol. The summed E-state index contributed by atoms with van der Waals surface area (Å²) in [6, 6.07) is 0. The normalized spacial score (nSPS) is 11.8. The van der Waals surface area contributed by atoms with Crippen molar-refractivity contribution in [1.82, 2.24) is 16.0 Å². The van der Waals surface area contributed by atoms with Gasteiger partial charge in [0.25, 0.3) is 0 Å². The standard InChI is InChI=1S/C12H26N4O.HI/c1-9(2)7-14-11(13-6)15-8-10(17)16-12(3,4)5;/h9H,7-8H2,1-6H3,(H,16,17)(H2,13,14,15);1H. The quantitative estimate of drug-likeness (QED) is 0.398. The number of carbonyl (C=O) groups is 1. The van der Waals surface area contributed by atoms with Crippen LogP contribution in [0.4, 0.5) is 0 Å². The van der Waals surface area contributed by atoms with Crippen molar-refractivity contribution in [3.05, 3.63) is 0 Å². The Balaban J connectivity index is 0. The van der Waals surface area contributed by atoms with Gasteiger partial charge in [0.1, 0.15) is 0 Å². The number of rotatable bonds is 4. The van der Waals surface area contributed by atoms with E-state index in [1.807, 2.05) is 20.8 Å². The first-order valence-electron chi connectivity index (χ1n) is 6.00. The summed E-state index contributed by atoms with van der Waals surface area (Å²) in [6.45, 7) is 11.2. The molecule has 108 valence electrons. The molecule has 3 N–H and O–H groups in total. The van der Waals surface area contributed by atoms with Crippen molar-refractivity contribution in [3.8, 4) is 0 Å². The van der Waals surface area contributed by atoms with Gasteiger partial charge < -0.3 is 16.0 Å². The molecule has 0 saturated heterocycles. The van der Waals surface area contributed by atoms with E-state index in [0.29, 0.717) is 11.9 Å². The van der Waals surface area contributed by atoms with E-state index in [4.69, 9.17) is 0 Å². The summed E-state index contributed by atoms with van der Waals surface area (Å²) in [6.07, 6.45) is 0. The van der Waals surface area contributed by atoms with Gasteiger partial charge in [0, 0.05) is 19.1 Å². The molecule has 0 heterocycles. The van der Waals surface area contributed by atoms with Crippen LogP contribution in [0.3, 0.4) is 0 Å². The first kappa shape index (κ1) is 19.8. The molecule has 6 heteroatoms. The fourth-order valence-electron chi connectivity index (χ4n) is 1.15. The maximum Gasteiger partial charge on any atom is 0.239 e. The van der Waals surface area contributed by atoms with Crippen LogP contribution in [0.15, 0.2) is 4.99 Å². The fourth-order valence-corrected chi connectivity index (χ4v) is 1.15. The Labute approximate surface area is 128 Å². The summed E-state index contributed by atoms with van der Waals surface area (Å²) in [5.74, 6) is 1.16. The number of amides is 1. The molecule has 0 aliphatic carbocycles. The molecule has 0 aromatic heterocycles. The van der Waals surface area contributed by atoms with Gasteiger partial charge in [-0.2, -0.15) is 0 Å². The number of aliphatic imine (C=N–C) groups is 1. The number of hydrogen-bond acceptors (Lipinski definition) is 2. The molecule has 0 saturated carbocycles. The number of nitrogens with zero attached hydrogens (tertiary/aromatic N) is 1. The van der Waals surface area contributed by atoms with Crippen molar-refractivity contribution in [2.45, 2.75) is 40.2 Å². The van der Waals surface area contributed by atoms with E-state index in [2.05, 4.69) is 34.8 Å². The zero-order valence-corrected chi connectivity index (χ0v) is 14.6. The average Bonchev–Trinajstić information content (AvgIpc) is 2.14. The van der Waals surface area contributed by atoms with E-state index >= 15 is 0 Å². The van der Waals surface area contributed by atoms with Gasteiger partial charge in [-0.15, -0.1) is 24.0 Å². The second-order valence-corrected chi connectivity index (χ2v) is 5.50. The van der Waals surface area contributed by atoms with Gasteiger partial charge in [-0.25, -0.2) is 0 Å². The van der Waals surface area contributed by atoms with Crippen LogP contribution in [0.25, 0.3) is 0 Å². The van der Waals surface area contributed by atoms with Crippen LogP contribution < -0.4 is 16.0 Å². The first-order chi connectivity index (χ1) is 7.74. The molecule has 0 aromatic rings. The Morgan fingerprint density at radius 3 is 2.17 bits per heavy atom. The maximum atomic E-state index is 11.6. The topological polar surface area (TPSA) is 65.5 Å². The van der Waals surface area contributed by atoms with Crippen LogP contribution >= 0.6 is 24.0 Å². The number of carbonyl (C=O) groups excluding carboxylic acids is 1. The summed E-state index contributed by atoms with van der Waals surface area (Å²) in [7, 11) is 1.69. The largest absolute Gasteiger partial charge is 0.356 e. The highest BCUT2D eigenvalue weighted by Gasteiger charge is 2.13. The Bertz CT molecular complexity index is 272. The zero-order valence-electron chi connectivity index (χ0n) is 12.3. The van der Waals surface area contributed by atoms with Gasteiger partial charge in [0.05, 0.1) is 6.54 Å². The van der Waals surface area contributed by atoms with Crippen molar-refractivity contribution >= 4 is 35.8 Å². The highest BCUT2D eigenvalue weighted by molar-refractivity contribution is 14.0. The molecule has 0 spiro atoms. The minimum absolute atomic E-state index is 0. The maximum absolute atomic E-state index is 11.6. The highest BCUT2D eigenvalue weighted by Crippen LogP contribution is 1.97. The van der Waals surface area contributed by atoms with Gasteiger partial charge >= 0.3 is 0 Å². The molecule has 5 nitrogen and oxygen atoms in total. The molecule has 0 atom stereocenters. The smallest absolute Gasteiger partial charge is 0.239 e. The first-order valence-corrected chi connectivity index (χ1v) is 6.00. The van der Waals surface area contributed by atoms with Crippen LogP contribution in [-0.4, -0.2) is 37.5 Å². The van der Waals surface area contributed by atoms with Gasteiger partial charge in [-0.05, 0) is 26.7 Å². The van der Waals surface area contributed by atoms with Crippen LogP contribution in [0.5, 0.6) is 0 Å². The van der Waals surface area contributed by atoms with Crippen molar-refractivity contribution < 1.29 is 4.79 Å². The summed E-state index contributed by atoms with van der Waals surface area (Å²) in [4.78, 5) is 15.6. The molecule has 0 rings (SSSR count). The Kier molecular flexibility index (Phi) is 10.3. The summed E-state index contributed by atoms with van der Waals surface area (Å²) in [5, 5.41) is 9.00. The van der Waals surface area contributed by atoms with Crippen molar-refractivity contribution in [1.29, 1.82) is 0 Å². The molecule has 0 aliphatic heterocycles. The van der Waals surface area contributed by atoms with Crippen molar-refractivity contribution in [3.63, 3.8) is 0 Å². The lowest BCUT2D eigenvalue weighted by Gasteiger charge is -2.21. The molecule has 0 aromatic carbocycles. The van der Waals surface area contributed by atoms with Gasteiger partial charge in [-0.1, -0.05) is 13.8 Å². The van der Waals surface area contributed by atoms with Gasteiger partial charge in [0.15, 0.2) is 5.96 Å². The zero-order chi connectivity index (χ0) is 13.5. The molecular formula is C12H27IN4O. The van der Waals surface area contributed by atoms with E-state index in [-0.39, 0.29) is 42.0 Å². The summed E-state index contributed by atoms with van der Waals surface area (Å²) < 4.78 is 0. The van der Waals surface area contributed by atoms with E-state index in [1.54, 1.807) is 7.05 Å². The van der Waals surface area contributed by atoms with Gasteiger partial charge in [0.2, 0.25) is 5.91 Å². The van der Waals surface area contributed by atoms with Crippen molar-refractivity contribution in [2.75, 3.05) is 20.1 Å². The van der Waals surface area contributed by atoms with E-state index < -0.39 is 0 Å². The van der Waals surface area contributed by atoms with E-state index in [9.17, 15) is 4.79 Å². The lowest BCUT2D eigenvalue weighted by Crippen LogP contribution is -2.48. The third kappa shape index (κ3) is 11.9. The van der Waals surface area contributed by atoms with Gasteiger partial charge in [-0.3, -0.25) is 9.79 Å². The molecule has 0 radical (unpaired) electrons. The summed E-state index contributed by atoms with van der Waals surface area (Å²) >= 11 is 0. The molecule has 18 heavy (non-hydrogen) atoms. The third-order valence-corrected chi connectivity index (χ3v) is 1.83. The third-order valence-electron chi connectivity index (χ3n) is 1.83. The molecule has 0 bridgehead atoms. The van der Waals surface area contributed by atoms with Crippen LogP contribution in [0, 0.1) is 5.92 Å². The minimum Gasteiger partial charge on any atom is -0.356 e. The fraction of sp³-hybridized carbons (Fsp3) is 0.833. The Hall–Kier alpha value is -0.530. The van der Waals surface area contributed by atoms with E-state index in [1.165, 1.54) is 0 Å². The number of guanidine groups is 1. The Morgan fingerprint density at radius 1 is 1.22 bits per heavy atom. The Morgan fingerprint density at radius 2 is 1.78 bits per heavy atom. The minimum atomic E-state index is -0.201. The molecular weight excluding hydrogens is 343 g/mol. The van der Waals surface area contributed by atoms with Crippen molar-refractivity contribution in [2.24, 2.45) is 10.9 Å². The van der Waals surface area contributed by atoms with E-state index in [0.717, 1.165) is 6.54 Å². The average molecular weight is 370 g/mol. The highest BCUT2D eigenvalue weighted by atomic mass is 127. The number of nitrogens with one attached hydrogen (secondary N) is 3. The molecule has 0 aliphatic rings. The molecule has 0 unspecified atom stereocenters. The predicted molar refractivity (Wildman–Crippen MR) is 87.5 cm³/mol. The second-order valence-electron chi connectivity index (χ2n) is 5.50. The molecule has 0 fully saturated rings. The lowest BCUT2D eigenvalue weighted by molar-refractivity contribution is -0.121. The molecule has 1 amide bonds. The summed E-state index contributed by atoms with van der Waals surface area (Å²) in [5.41, 5.74) is -0.201. The number of halogens is 1. The second kappa shape index (κ2) is 9.41.